The summed E-state index contributed by atoms with van der Waals surface area (Å²) in [7, 11) is -3.64. The van der Waals surface area contributed by atoms with E-state index in [-0.39, 0.29) is 11.9 Å². The highest BCUT2D eigenvalue weighted by Gasteiger charge is 2.32. The van der Waals surface area contributed by atoms with Crippen molar-refractivity contribution in [3.05, 3.63) is 64.2 Å². The number of aryl methyl sites for hydroxylation is 4. The second-order valence-electron chi connectivity index (χ2n) is 7.84. The van der Waals surface area contributed by atoms with Crippen LogP contribution in [-0.4, -0.2) is 26.6 Å². The molecule has 2 aromatic rings. The number of carbonyl (C=O) groups is 1. The molecule has 0 aliphatic rings. The number of sulfonamides is 1. The molecule has 0 saturated carbocycles. The Balaban J connectivity index is 2.34. The molecule has 0 saturated heterocycles. The van der Waals surface area contributed by atoms with Crippen molar-refractivity contribution in [2.75, 3.05) is 10.6 Å². The third kappa shape index (κ3) is 5.38. The number of hydrogen-bond donors (Lipinski definition) is 1. The van der Waals surface area contributed by atoms with Gasteiger partial charge in [0.05, 0.1) is 18.0 Å². The standard InChI is InChI=1S/C23H32N2O3S/c1-8-22(25(29(7,27)28)20-11-9-15(2)10-12-20)23(26)24-19(6)21-14-17(4)16(3)13-18(21)5/h9-14,19,22H,8H2,1-7H3,(H,24,26). The zero-order chi connectivity index (χ0) is 21.9. The summed E-state index contributed by atoms with van der Waals surface area (Å²) in [5.41, 5.74) is 6.04. The van der Waals surface area contributed by atoms with E-state index in [0.717, 1.165) is 28.5 Å². The molecule has 2 unspecified atom stereocenters. The second kappa shape index (κ2) is 8.99. The van der Waals surface area contributed by atoms with Crippen molar-refractivity contribution in [3.8, 4) is 0 Å². The molecule has 0 radical (unpaired) electrons. The first-order valence-corrected chi connectivity index (χ1v) is 11.7. The minimum atomic E-state index is -3.64. The summed E-state index contributed by atoms with van der Waals surface area (Å²) in [6.45, 7) is 11.8. The van der Waals surface area contributed by atoms with Crippen LogP contribution in [0.5, 0.6) is 0 Å². The number of nitrogens with one attached hydrogen (secondary N) is 1. The fraction of sp³-hybridized carbons (Fsp3) is 0.435. The molecule has 0 fully saturated rings. The molecule has 0 heterocycles. The van der Waals surface area contributed by atoms with E-state index < -0.39 is 16.1 Å². The molecule has 1 N–H and O–H groups in total. The topological polar surface area (TPSA) is 66.5 Å². The van der Waals surface area contributed by atoms with E-state index in [1.54, 1.807) is 12.1 Å². The maximum atomic E-state index is 13.1. The number of carbonyl (C=O) groups excluding carboxylic acids is 1. The summed E-state index contributed by atoms with van der Waals surface area (Å²) in [6.07, 6.45) is 1.51. The molecule has 5 nitrogen and oxygen atoms in total. The Morgan fingerprint density at radius 2 is 1.55 bits per heavy atom. The summed E-state index contributed by atoms with van der Waals surface area (Å²) in [5, 5.41) is 3.02. The molecule has 2 rings (SSSR count). The van der Waals surface area contributed by atoms with Gasteiger partial charge in [0.25, 0.3) is 0 Å². The van der Waals surface area contributed by atoms with Crippen molar-refractivity contribution in [1.29, 1.82) is 0 Å². The van der Waals surface area contributed by atoms with Gasteiger partial charge in [-0.3, -0.25) is 9.10 Å². The molecule has 6 heteroatoms. The molecule has 0 spiro atoms. The minimum absolute atomic E-state index is 0.227. The van der Waals surface area contributed by atoms with Crippen LogP contribution in [0.4, 0.5) is 5.69 Å². The van der Waals surface area contributed by atoms with E-state index in [1.165, 1.54) is 9.87 Å². The van der Waals surface area contributed by atoms with Gasteiger partial charge < -0.3 is 5.32 Å². The normalized spacial score (nSPS) is 13.6. The summed E-state index contributed by atoms with van der Waals surface area (Å²) >= 11 is 0. The summed E-state index contributed by atoms with van der Waals surface area (Å²) in [6, 6.07) is 10.3. The summed E-state index contributed by atoms with van der Waals surface area (Å²) in [4.78, 5) is 13.1. The fourth-order valence-corrected chi connectivity index (χ4v) is 4.80. The van der Waals surface area contributed by atoms with Crippen molar-refractivity contribution in [1.82, 2.24) is 5.32 Å². The highest BCUT2D eigenvalue weighted by molar-refractivity contribution is 7.92. The number of benzene rings is 2. The minimum Gasteiger partial charge on any atom is -0.348 e. The van der Waals surface area contributed by atoms with Crippen LogP contribution >= 0.6 is 0 Å². The van der Waals surface area contributed by atoms with E-state index in [4.69, 9.17) is 0 Å². The number of nitrogens with zero attached hydrogens (tertiary/aromatic N) is 1. The highest BCUT2D eigenvalue weighted by atomic mass is 32.2. The average Bonchev–Trinajstić information content (AvgIpc) is 2.62. The van der Waals surface area contributed by atoms with Gasteiger partial charge in [-0.05, 0) is 75.4 Å². The van der Waals surface area contributed by atoms with Gasteiger partial charge in [-0.2, -0.15) is 0 Å². The Bertz CT molecular complexity index is 982. The quantitative estimate of drug-likeness (QED) is 0.730. The van der Waals surface area contributed by atoms with Gasteiger partial charge in [-0.25, -0.2) is 8.42 Å². The first-order valence-electron chi connectivity index (χ1n) is 9.89. The molecule has 1 amide bonds. The van der Waals surface area contributed by atoms with Gasteiger partial charge in [0, 0.05) is 0 Å². The first-order chi connectivity index (χ1) is 13.5. The Hall–Kier alpha value is -2.34. The maximum Gasteiger partial charge on any atom is 0.244 e. The number of amides is 1. The van der Waals surface area contributed by atoms with Gasteiger partial charge in [0.1, 0.15) is 6.04 Å². The maximum absolute atomic E-state index is 13.1. The molecular weight excluding hydrogens is 384 g/mol. The smallest absolute Gasteiger partial charge is 0.244 e. The largest absolute Gasteiger partial charge is 0.348 e. The molecule has 0 bridgehead atoms. The predicted octanol–water partition coefficient (Wildman–Crippen LogP) is 4.34. The zero-order valence-electron chi connectivity index (χ0n) is 18.4. The van der Waals surface area contributed by atoms with E-state index in [0.29, 0.717) is 12.1 Å². The highest BCUT2D eigenvalue weighted by Crippen LogP contribution is 2.25. The monoisotopic (exact) mass is 416 g/mol. The van der Waals surface area contributed by atoms with E-state index >= 15 is 0 Å². The lowest BCUT2D eigenvalue weighted by atomic mass is 9.96. The van der Waals surface area contributed by atoms with E-state index in [2.05, 4.69) is 24.4 Å². The Labute approximate surface area is 175 Å². The van der Waals surface area contributed by atoms with Gasteiger partial charge in [0.2, 0.25) is 15.9 Å². The van der Waals surface area contributed by atoms with Crippen molar-refractivity contribution in [3.63, 3.8) is 0 Å². The molecule has 0 aromatic heterocycles. The van der Waals surface area contributed by atoms with Crippen LogP contribution < -0.4 is 9.62 Å². The van der Waals surface area contributed by atoms with Crippen LogP contribution in [0.1, 0.15) is 54.1 Å². The molecule has 2 aromatic carbocycles. The molecule has 0 aliphatic carbocycles. The fourth-order valence-electron chi connectivity index (χ4n) is 3.59. The second-order valence-corrected chi connectivity index (χ2v) is 9.70. The van der Waals surface area contributed by atoms with Gasteiger partial charge in [-0.1, -0.05) is 36.8 Å². The molecular formula is C23H32N2O3S. The molecule has 0 aliphatic heterocycles. The van der Waals surface area contributed by atoms with Crippen LogP contribution in [0.15, 0.2) is 36.4 Å². The van der Waals surface area contributed by atoms with Crippen LogP contribution in [-0.2, 0) is 14.8 Å². The number of anilines is 1. The third-order valence-corrected chi connectivity index (χ3v) is 6.51. The number of rotatable bonds is 7. The zero-order valence-corrected chi connectivity index (χ0v) is 19.2. The van der Waals surface area contributed by atoms with Crippen LogP contribution in [0.3, 0.4) is 0 Å². The predicted molar refractivity (Wildman–Crippen MR) is 120 cm³/mol. The van der Waals surface area contributed by atoms with Gasteiger partial charge >= 0.3 is 0 Å². The van der Waals surface area contributed by atoms with Crippen molar-refractivity contribution in [2.24, 2.45) is 0 Å². The SMILES string of the molecule is CCC(C(=O)NC(C)c1cc(C)c(C)cc1C)N(c1ccc(C)cc1)S(C)(=O)=O. The van der Waals surface area contributed by atoms with Crippen molar-refractivity contribution in [2.45, 2.75) is 60.0 Å². The first kappa shape index (κ1) is 22.9. The van der Waals surface area contributed by atoms with E-state index in [1.807, 2.05) is 46.8 Å². The van der Waals surface area contributed by atoms with Crippen LogP contribution in [0, 0.1) is 27.7 Å². The van der Waals surface area contributed by atoms with E-state index in [9.17, 15) is 13.2 Å². The average molecular weight is 417 g/mol. The van der Waals surface area contributed by atoms with Crippen LogP contribution in [0.2, 0.25) is 0 Å². The Morgan fingerprint density at radius 1 is 1.00 bits per heavy atom. The van der Waals surface area contributed by atoms with Crippen molar-refractivity contribution >= 4 is 21.6 Å². The van der Waals surface area contributed by atoms with Crippen LogP contribution in [0.25, 0.3) is 0 Å². The lowest BCUT2D eigenvalue weighted by Crippen LogP contribution is -2.49. The number of hydrogen-bond acceptors (Lipinski definition) is 3. The lowest BCUT2D eigenvalue weighted by molar-refractivity contribution is -0.122. The van der Waals surface area contributed by atoms with Gasteiger partial charge in [-0.15, -0.1) is 0 Å². The third-order valence-electron chi connectivity index (χ3n) is 5.33. The summed E-state index contributed by atoms with van der Waals surface area (Å²) < 4.78 is 26.3. The summed E-state index contributed by atoms with van der Waals surface area (Å²) in [5.74, 6) is -0.302. The Morgan fingerprint density at radius 3 is 2.07 bits per heavy atom. The van der Waals surface area contributed by atoms with Gasteiger partial charge in [0.15, 0.2) is 0 Å². The molecule has 158 valence electrons. The molecule has 2 atom stereocenters. The Kier molecular flexibility index (Phi) is 7.11. The molecule has 29 heavy (non-hydrogen) atoms. The van der Waals surface area contributed by atoms with Crippen molar-refractivity contribution < 1.29 is 13.2 Å². The lowest BCUT2D eigenvalue weighted by Gasteiger charge is -2.31.